The standard InChI is InChI=1S/C6H12N4O2.C4H8N2O/c1-2-8-10-6(12)4-3-5(11)9-7;1-3-5-6-4(2)7/h2H,3-4,7H2,1H3,(H,9,11)(H,10,12);3H,1-2H3,(H,6,7)/b8-2+;5-3+. The van der Waals surface area contributed by atoms with Crippen molar-refractivity contribution in [1.82, 2.24) is 16.3 Å². The van der Waals surface area contributed by atoms with E-state index in [1.54, 1.807) is 13.8 Å². The predicted octanol–water partition coefficient (Wildman–Crippen LogP) is -0.993. The summed E-state index contributed by atoms with van der Waals surface area (Å²) in [6.07, 6.45) is 3.12. The Labute approximate surface area is 111 Å². The van der Waals surface area contributed by atoms with Crippen LogP contribution in [0, 0.1) is 0 Å². The molecule has 9 heteroatoms. The lowest BCUT2D eigenvalue weighted by Crippen LogP contribution is -2.31. The van der Waals surface area contributed by atoms with Gasteiger partial charge in [0.25, 0.3) is 0 Å². The van der Waals surface area contributed by atoms with E-state index in [1.807, 2.05) is 5.43 Å². The number of nitrogens with zero attached hydrogens (tertiary/aromatic N) is 2. The molecule has 0 aromatic rings. The number of carbonyl (C=O) groups excluding carboxylic acids is 3. The van der Waals surface area contributed by atoms with Gasteiger partial charge in [0.2, 0.25) is 17.7 Å². The Bertz CT molecular complexity index is 340. The molecule has 0 saturated heterocycles. The molecule has 0 aliphatic rings. The van der Waals surface area contributed by atoms with Crippen molar-refractivity contribution in [3.63, 3.8) is 0 Å². The number of amides is 3. The van der Waals surface area contributed by atoms with Gasteiger partial charge in [-0.2, -0.15) is 10.2 Å². The van der Waals surface area contributed by atoms with Crippen LogP contribution in [0.2, 0.25) is 0 Å². The molecule has 0 spiro atoms. The largest absolute Gasteiger partial charge is 0.294 e. The number of hydrazone groups is 2. The summed E-state index contributed by atoms with van der Waals surface area (Å²) < 4.78 is 0. The monoisotopic (exact) mass is 272 g/mol. The lowest BCUT2D eigenvalue weighted by molar-refractivity contribution is -0.126. The summed E-state index contributed by atoms with van der Waals surface area (Å²) in [5, 5.41) is 6.93. The van der Waals surface area contributed by atoms with E-state index >= 15 is 0 Å². The predicted molar refractivity (Wildman–Crippen MR) is 71.9 cm³/mol. The first kappa shape index (κ1) is 19.1. The number of nitrogens with two attached hydrogens (primary N) is 1. The number of nitrogens with one attached hydrogen (secondary N) is 3. The van der Waals surface area contributed by atoms with Gasteiger partial charge in [0, 0.05) is 32.2 Å². The first-order valence-electron chi connectivity index (χ1n) is 5.48. The first-order valence-corrected chi connectivity index (χ1v) is 5.48. The maximum absolute atomic E-state index is 10.8. The van der Waals surface area contributed by atoms with E-state index < -0.39 is 0 Å². The lowest BCUT2D eigenvalue weighted by atomic mass is 10.3. The van der Waals surface area contributed by atoms with Crippen LogP contribution in [0.25, 0.3) is 0 Å². The third kappa shape index (κ3) is 18.3. The maximum Gasteiger partial charge on any atom is 0.240 e. The van der Waals surface area contributed by atoms with Crippen LogP contribution < -0.4 is 22.1 Å². The minimum Gasteiger partial charge on any atom is -0.294 e. The van der Waals surface area contributed by atoms with Gasteiger partial charge >= 0.3 is 0 Å². The summed E-state index contributed by atoms with van der Waals surface area (Å²) in [6, 6.07) is 0. The van der Waals surface area contributed by atoms with Crippen molar-refractivity contribution >= 4 is 30.2 Å². The van der Waals surface area contributed by atoms with Gasteiger partial charge < -0.3 is 0 Å². The van der Waals surface area contributed by atoms with Gasteiger partial charge in [-0.3, -0.25) is 19.8 Å². The van der Waals surface area contributed by atoms with Gasteiger partial charge in [0.05, 0.1) is 0 Å². The summed E-state index contributed by atoms with van der Waals surface area (Å²) in [7, 11) is 0. The zero-order valence-electron chi connectivity index (χ0n) is 11.3. The first-order chi connectivity index (χ1) is 8.97. The van der Waals surface area contributed by atoms with Crippen molar-refractivity contribution in [2.45, 2.75) is 33.6 Å². The Balaban J connectivity index is 0. The SMILES string of the molecule is C/C=N/NC(=O)CCC(=O)NN.C/C=N/NC(C)=O. The Morgan fingerprint density at radius 1 is 1.00 bits per heavy atom. The minimum atomic E-state index is -0.370. The Morgan fingerprint density at radius 3 is 1.84 bits per heavy atom. The third-order valence-electron chi connectivity index (χ3n) is 1.41. The number of rotatable bonds is 5. The lowest BCUT2D eigenvalue weighted by Gasteiger charge is -1.98. The van der Waals surface area contributed by atoms with E-state index in [1.165, 1.54) is 19.4 Å². The number of hydrogen-bond acceptors (Lipinski definition) is 6. The molecule has 0 aromatic carbocycles. The van der Waals surface area contributed by atoms with Gasteiger partial charge in [-0.15, -0.1) is 0 Å². The van der Waals surface area contributed by atoms with Crippen molar-refractivity contribution in [3.05, 3.63) is 0 Å². The fourth-order valence-corrected chi connectivity index (χ4v) is 0.647. The van der Waals surface area contributed by atoms with E-state index in [0.29, 0.717) is 0 Å². The molecule has 0 fully saturated rings. The Morgan fingerprint density at radius 2 is 1.47 bits per heavy atom. The molecule has 0 radical (unpaired) electrons. The fraction of sp³-hybridized carbons (Fsp3) is 0.500. The van der Waals surface area contributed by atoms with Crippen LogP contribution in [0.15, 0.2) is 10.2 Å². The highest BCUT2D eigenvalue weighted by Gasteiger charge is 2.03. The maximum atomic E-state index is 10.8. The fourth-order valence-electron chi connectivity index (χ4n) is 0.647. The van der Waals surface area contributed by atoms with E-state index in [-0.39, 0.29) is 30.6 Å². The molecule has 9 nitrogen and oxygen atoms in total. The molecule has 0 aliphatic carbocycles. The summed E-state index contributed by atoms with van der Waals surface area (Å²) in [4.78, 5) is 31.3. The summed E-state index contributed by atoms with van der Waals surface area (Å²) in [6.45, 7) is 4.82. The number of hydrazine groups is 1. The molecule has 0 heterocycles. The minimum absolute atomic E-state index is 0.0710. The molecule has 3 amide bonds. The number of carbonyl (C=O) groups is 3. The van der Waals surface area contributed by atoms with E-state index in [2.05, 4.69) is 21.1 Å². The molecular weight excluding hydrogens is 252 g/mol. The quantitative estimate of drug-likeness (QED) is 0.221. The van der Waals surface area contributed by atoms with Crippen LogP contribution in [0.5, 0.6) is 0 Å². The second-order valence-electron chi connectivity index (χ2n) is 3.05. The third-order valence-corrected chi connectivity index (χ3v) is 1.41. The Hall–Kier alpha value is -2.29. The van der Waals surface area contributed by atoms with E-state index in [9.17, 15) is 14.4 Å². The van der Waals surface area contributed by atoms with Crippen molar-refractivity contribution < 1.29 is 14.4 Å². The Kier molecular flexibility index (Phi) is 13.8. The normalized spacial score (nSPS) is 9.68. The van der Waals surface area contributed by atoms with Crippen LogP contribution in [-0.4, -0.2) is 30.2 Å². The smallest absolute Gasteiger partial charge is 0.240 e. The molecule has 0 bridgehead atoms. The molecule has 0 aromatic heterocycles. The number of hydrogen-bond donors (Lipinski definition) is 4. The van der Waals surface area contributed by atoms with Gasteiger partial charge in [-0.1, -0.05) is 0 Å². The molecule has 108 valence electrons. The van der Waals surface area contributed by atoms with Gasteiger partial charge in [-0.05, 0) is 13.8 Å². The molecule has 0 unspecified atom stereocenters. The highest BCUT2D eigenvalue weighted by Crippen LogP contribution is 1.87. The van der Waals surface area contributed by atoms with Crippen LogP contribution >= 0.6 is 0 Å². The molecule has 0 rings (SSSR count). The highest BCUT2D eigenvalue weighted by molar-refractivity contribution is 5.83. The second kappa shape index (κ2) is 13.8. The van der Waals surface area contributed by atoms with Crippen molar-refractivity contribution in [3.8, 4) is 0 Å². The summed E-state index contributed by atoms with van der Waals surface area (Å²) >= 11 is 0. The molecule has 19 heavy (non-hydrogen) atoms. The van der Waals surface area contributed by atoms with Crippen molar-refractivity contribution in [1.29, 1.82) is 0 Å². The van der Waals surface area contributed by atoms with Crippen molar-refractivity contribution in [2.75, 3.05) is 0 Å². The molecule has 0 saturated carbocycles. The molecule has 5 N–H and O–H groups in total. The molecule has 0 atom stereocenters. The van der Waals surface area contributed by atoms with Crippen LogP contribution in [0.3, 0.4) is 0 Å². The second-order valence-corrected chi connectivity index (χ2v) is 3.05. The summed E-state index contributed by atoms with van der Waals surface area (Å²) in [5.74, 6) is 3.98. The van der Waals surface area contributed by atoms with Gasteiger partial charge in [-0.25, -0.2) is 16.7 Å². The topological polar surface area (TPSA) is 138 Å². The van der Waals surface area contributed by atoms with Crippen LogP contribution in [0.4, 0.5) is 0 Å². The van der Waals surface area contributed by atoms with Crippen molar-refractivity contribution in [2.24, 2.45) is 16.0 Å². The van der Waals surface area contributed by atoms with Gasteiger partial charge in [0.1, 0.15) is 0 Å². The molecule has 0 aliphatic heterocycles. The molecular formula is C10H20N6O3. The average molecular weight is 272 g/mol. The van der Waals surface area contributed by atoms with E-state index in [0.717, 1.165) is 0 Å². The average Bonchev–Trinajstić information content (AvgIpc) is 2.40. The zero-order chi connectivity index (χ0) is 15.1. The van der Waals surface area contributed by atoms with E-state index in [4.69, 9.17) is 5.84 Å². The van der Waals surface area contributed by atoms with Crippen LogP contribution in [0.1, 0.15) is 33.6 Å². The van der Waals surface area contributed by atoms with Gasteiger partial charge in [0.15, 0.2) is 0 Å². The summed E-state index contributed by atoms with van der Waals surface area (Å²) in [5.41, 5.74) is 6.37. The highest BCUT2D eigenvalue weighted by atomic mass is 16.2. The zero-order valence-corrected chi connectivity index (χ0v) is 11.3. The van der Waals surface area contributed by atoms with Crippen LogP contribution in [-0.2, 0) is 14.4 Å².